The molecular weight excluding hydrogens is 384 g/mol. The van der Waals surface area contributed by atoms with Crippen LogP contribution in [-0.2, 0) is 28.9 Å². The number of para-hydroxylation sites is 1. The van der Waals surface area contributed by atoms with Crippen LogP contribution in [0.1, 0.15) is 40.5 Å². The number of pyridine rings is 1. The number of carbonyl (C=O) groups is 2. The van der Waals surface area contributed by atoms with E-state index in [1.165, 1.54) is 0 Å². The van der Waals surface area contributed by atoms with Crippen LogP contribution in [0.3, 0.4) is 0 Å². The van der Waals surface area contributed by atoms with Crippen molar-refractivity contribution in [2.24, 2.45) is 5.92 Å². The van der Waals surface area contributed by atoms with Gasteiger partial charge in [0.1, 0.15) is 0 Å². The Morgan fingerprint density at radius 3 is 2.90 bits per heavy atom. The van der Waals surface area contributed by atoms with Gasteiger partial charge in [-0.3, -0.25) is 9.78 Å². The third-order valence-electron chi connectivity index (χ3n) is 5.46. The van der Waals surface area contributed by atoms with Gasteiger partial charge >= 0.3 is 5.97 Å². The number of ether oxygens (including phenoxy) is 1. The van der Waals surface area contributed by atoms with E-state index in [2.05, 4.69) is 6.92 Å². The van der Waals surface area contributed by atoms with Gasteiger partial charge in [-0.2, -0.15) is 11.3 Å². The summed E-state index contributed by atoms with van der Waals surface area (Å²) in [5, 5.41) is 4.78. The molecule has 3 aromatic rings. The first kappa shape index (κ1) is 19.6. The summed E-state index contributed by atoms with van der Waals surface area (Å²) in [7, 11) is 1.72. The standard InChI is InChI=1S/C23H24N2O3S/c1-15-7-8-20-18(11-15)22(17-5-3-4-6-19(17)24-20)23(27)28-13-21(26)25(2)12-16-9-10-29-14-16/h3-6,9-10,14-15H,7-8,11-13H2,1-2H3/t15-/m0/s1. The number of esters is 1. The van der Waals surface area contributed by atoms with E-state index >= 15 is 0 Å². The van der Waals surface area contributed by atoms with Crippen molar-refractivity contribution < 1.29 is 14.3 Å². The Hall–Kier alpha value is -2.73. The minimum Gasteiger partial charge on any atom is -0.452 e. The topological polar surface area (TPSA) is 59.5 Å². The van der Waals surface area contributed by atoms with Gasteiger partial charge in [0.15, 0.2) is 6.61 Å². The smallest absolute Gasteiger partial charge is 0.339 e. The summed E-state index contributed by atoms with van der Waals surface area (Å²) in [5.41, 5.74) is 4.40. The second kappa shape index (κ2) is 8.33. The van der Waals surface area contributed by atoms with E-state index in [0.717, 1.165) is 47.0 Å². The molecular formula is C23H24N2O3S. The third-order valence-corrected chi connectivity index (χ3v) is 6.19. The number of aromatic nitrogens is 1. The molecule has 4 rings (SSSR count). The van der Waals surface area contributed by atoms with Crippen LogP contribution in [0.15, 0.2) is 41.1 Å². The van der Waals surface area contributed by atoms with Crippen molar-refractivity contribution in [1.82, 2.24) is 9.88 Å². The molecule has 0 spiro atoms. The number of aryl methyl sites for hydroxylation is 1. The highest BCUT2D eigenvalue weighted by Crippen LogP contribution is 2.32. The lowest BCUT2D eigenvalue weighted by Gasteiger charge is -2.24. The second-order valence-corrected chi connectivity index (χ2v) is 8.51. The minimum atomic E-state index is -0.439. The number of benzene rings is 1. The summed E-state index contributed by atoms with van der Waals surface area (Å²) in [4.78, 5) is 31.9. The molecule has 0 radical (unpaired) electrons. The number of rotatable bonds is 5. The summed E-state index contributed by atoms with van der Waals surface area (Å²) >= 11 is 1.59. The fourth-order valence-electron chi connectivity index (χ4n) is 3.85. The molecule has 1 aliphatic carbocycles. The molecule has 0 bridgehead atoms. The van der Waals surface area contributed by atoms with E-state index in [-0.39, 0.29) is 12.5 Å². The number of hydrogen-bond acceptors (Lipinski definition) is 5. The third kappa shape index (κ3) is 4.17. The summed E-state index contributed by atoms with van der Waals surface area (Å²) in [6, 6.07) is 9.63. The Morgan fingerprint density at radius 1 is 1.28 bits per heavy atom. The van der Waals surface area contributed by atoms with Gasteiger partial charge in [0.25, 0.3) is 5.91 Å². The molecule has 1 aliphatic rings. The van der Waals surface area contributed by atoms with Crippen LogP contribution < -0.4 is 0 Å². The van der Waals surface area contributed by atoms with E-state index < -0.39 is 5.97 Å². The van der Waals surface area contributed by atoms with E-state index in [0.29, 0.717) is 18.0 Å². The molecule has 6 heteroatoms. The van der Waals surface area contributed by atoms with Crippen molar-refractivity contribution in [3.8, 4) is 0 Å². The maximum Gasteiger partial charge on any atom is 0.339 e. The summed E-state index contributed by atoms with van der Waals surface area (Å²) in [5.74, 6) is -0.160. The maximum absolute atomic E-state index is 13.1. The highest BCUT2D eigenvalue weighted by molar-refractivity contribution is 7.07. The second-order valence-electron chi connectivity index (χ2n) is 7.73. The van der Waals surface area contributed by atoms with Crippen molar-refractivity contribution in [3.05, 3.63) is 63.5 Å². The fourth-order valence-corrected chi connectivity index (χ4v) is 4.51. The van der Waals surface area contributed by atoms with E-state index in [4.69, 9.17) is 9.72 Å². The highest BCUT2D eigenvalue weighted by Gasteiger charge is 2.26. The average molecular weight is 409 g/mol. The van der Waals surface area contributed by atoms with Gasteiger partial charge in [-0.05, 0) is 59.2 Å². The number of likely N-dealkylation sites (N-methyl/N-ethyl adjacent to an activating group) is 1. The van der Waals surface area contributed by atoms with E-state index in [1.807, 2.05) is 41.1 Å². The Morgan fingerprint density at radius 2 is 2.10 bits per heavy atom. The molecule has 0 unspecified atom stereocenters. The largest absolute Gasteiger partial charge is 0.452 e. The number of hydrogen-bond donors (Lipinski definition) is 0. The van der Waals surface area contributed by atoms with Gasteiger partial charge in [0.2, 0.25) is 0 Å². The average Bonchev–Trinajstić information content (AvgIpc) is 3.23. The zero-order valence-corrected chi connectivity index (χ0v) is 17.5. The van der Waals surface area contributed by atoms with Crippen LogP contribution in [0, 0.1) is 5.92 Å². The van der Waals surface area contributed by atoms with Gasteiger partial charge in [0.05, 0.1) is 11.1 Å². The van der Waals surface area contributed by atoms with Crippen LogP contribution in [0.5, 0.6) is 0 Å². The summed E-state index contributed by atoms with van der Waals surface area (Å²) < 4.78 is 5.48. The highest BCUT2D eigenvalue weighted by atomic mass is 32.1. The molecule has 29 heavy (non-hydrogen) atoms. The van der Waals surface area contributed by atoms with Crippen molar-refractivity contribution in [1.29, 1.82) is 0 Å². The monoisotopic (exact) mass is 408 g/mol. The van der Waals surface area contributed by atoms with Crippen LogP contribution in [0.25, 0.3) is 10.9 Å². The molecule has 2 aromatic heterocycles. The van der Waals surface area contributed by atoms with Gasteiger partial charge in [-0.15, -0.1) is 0 Å². The van der Waals surface area contributed by atoms with Gasteiger partial charge in [-0.1, -0.05) is 25.1 Å². The number of amides is 1. The predicted molar refractivity (Wildman–Crippen MR) is 114 cm³/mol. The molecule has 0 saturated carbocycles. The molecule has 0 N–H and O–H groups in total. The van der Waals surface area contributed by atoms with Crippen LogP contribution in [0.4, 0.5) is 0 Å². The number of thiophene rings is 1. The lowest BCUT2D eigenvalue weighted by atomic mass is 9.84. The van der Waals surface area contributed by atoms with Crippen molar-refractivity contribution in [3.63, 3.8) is 0 Å². The first-order valence-corrected chi connectivity index (χ1v) is 10.8. The van der Waals surface area contributed by atoms with Crippen LogP contribution in [-0.4, -0.2) is 35.4 Å². The molecule has 150 valence electrons. The van der Waals surface area contributed by atoms with E-state index in [9.17, 15) is 9.59 Å². The molecule has 0 aliphatic heterocycles. The molecule has 1 atom stereocenters. The summed E-state index contributed by atoms with van der Waals surface area (Å²) in [6.07, 6.45) is 2.74. The number of nitrogens with zero attached hydrogens (tertiary/aromatic N) is 2. The Balaban J connectivity index is 1.55. The molecule has 5 nitrogen and oxygen atoms in total. The molecule has 0 saturated heterocycles. The number of fused-ring (bicyclic) bond motifs is 2. The normalized spacial score (nSPS) is 15.7. The Kier molecular flexibility index (Phi) is 5.62. The van der Waals surface area contributed by atoms with E-state index in [1.54, 1.807) is 23.3 Å². The predicted octanol–water partition coefficient (Wildman–Crippen LogP) is 4.24. The Labute approximate surface area is 174 Å². The Bertz CT molecular complexity index is 1050. The van der Waals surface area contributed by atoms with Gasteiger partial charge in [-0.25, -0.2) is 4.79 Å². The molecule has 2 heterocycles. The van der Waals surface area contributed by atoms with Crippen molar-refractivity contribution >= 4 is 34.1 Å². The lowest BCUT2D eigenvalue weighted by molar-refractivity contribution is -0.133. The zero-order valence-electron chi connectivity index (χ0n) is 16.7. The summed E-state index contributed by atoms with van der Waals surface area (Å²) in [6.45, 7) is 2.43. The maximum atomic E-state index is 13.1. The molecule has 1 amide bonds. The van der Waals surface area contributed by atoms with Crippen LogP contribution >= 0.6 is 11.3 Å². The molecule has 0 fully saturated rings. The van der Waals surface area contributed by atoms with Gasteiger partial charge in [0, 0.05) is 24.7 Å². The quantitative estimate of drug-likeness (QED) is 0.593. The molecule has 1 aromatic carbocycles. The first-order valence-electron chi connectivity index (χ1n) is 9.85. The van der Waals surface area contributed by atoms with Gasteiger partial charge < -0.3 is 9.64 Å². The fraction of sp³-hybridized carbons (Fsp3) is 0.348. The SMILES string of the molecule is C[C@H]1CCc2nc3ccccc3c(C(=O)OCC(=O)N(C)Cc3ccsc3)c2C1. The number of carbonyl (C=O) groups excluding carboxylic acids is 2. The van der Waals surface area contributed by atoms with Crippen molar-refractivity contribution in [2.45, 2.75) is 32.7 Å². The zero-order chi connectivity index (χ0) is 20.4. The lowest BCUT2D eigenvalue weighted by Crippen LogP contribution is -2.31. The van der Waals surface area contributed by atoms with Crippen LogP contribution in [0.2, 0.25) is 0 Å². The minimum absolute atomic E-state index is 0.217. The first-order chi connectivity index (χ1) is 14.0. The van der Waals surface area contributed by atoms with Crippen molar-refractivity contribution in [2.75, 3.05) is 13.7 Å².